The molecule has 0 aromatic carbocycles. The second kappa shape index (κ2) is 11.7. The van der Waals surface area contributed by atoms with E-state index < -0.39 is 5.97 Å². The maximum atomic E-state index is 12.1. The van der Waals surface area contributed by atoms with Crippen molar-refractivity contribution in [3.8, 4) is 0 Å². The molecule has 6 aliphatic rings. The molecule has 6 nitrogen and oxygen atoms in total. The van der Waals surface area contributed by atoms with E-state index in [-0.39, 0.29) is 11.0 Å². The van der Waals surface area contributed by atoms with Gasteiger partial charge in [-0.25, -0.2) is 4.79 Å². The van der Waals surface area contributed by atoms with Gasteiger partial charge in [0, 0.05) is 12.0 Å². The van der Waals surface area contributed by atoms with E-state index in [1.165, 1.54) is 51.4 Å². The molecule has 0 aromatic rings. The predicted molar refractivity (Wildman–Crippen MR) is 138 cm³/mol. The first-order valence-corrected chi connectivity index (χ1v) is 14.9. The van der Waals surface area contributed by atoms with Crippen molar-refractivity contribution in [3.63, 3.8) is 0 Å². The Bertz CT molecular complexity index is 768. The molecule has 4 saturated carbocycles. The van der Waals surface area contributed by atoms with Crippen LogP contribution in [0, 0.1) is 17.3 Å². The monoisotopic (exact) mass is 504 g/mol. The van der Waals surface area contributed by atoms with E-state index in [0.717, 1.165) is 76.9 Å². The minimum Gasteiger partial charge on any atom is -0.497 e. The molecule has 6 fully saturated rings. The predicted octanol–water partition coefficient (Wildman–Crippen LogP) is 6.42. The number of allylic oxidation sites excluding steroid dienone is 1. The number of carbonyl (C=O) groups is 1. The Kier molecular flexibility index (Phi) is 8.64. The second-order valence-electron chi connectivity index (χ2n) is 12.7. The van der Waals surface area contributed by atoms with Gasteiger partial charge in [0.15, 0.2) is 0 Å². The quantitative estimate of drug-likeness (QED) is 0.100. The second-order valence-corrected chi connectivity index (χ2v) is 12.7. The lowest BCUT2D eigenvalue weighted by molar-refractivity contribution is -0.193. The Morgan fingerprint density at radius 3 is 1.94 bits per heavy atom. The maximum absolute atomic E-state index is 12.1. The molecule has 6 rings (SSSR count). The third-order valence-electron chi connectivity index (χ3n) is 9.45. The first-order chi connectivity index (χ1) is 17.5. The zero-order valence-corrected chi connectivity index (χ0v) is 22.4. The zero-order chi connectivity index (χ0) is 25.0. The number of carboxylic acid groups (broad SMARTS) is 1. The van der Waals surface area contributed by atoms with Gasteiger partial charge in [-0.3, -0.25) is 0 Å². The van der Waals surface area contributed by atoms with Crippen LogP contribution in [0.5, 0.6) is 0 Å². The summed E-state index contributed by atoms with van der Waals surface area (Å²) in [6.07, 6.45) is 19.5. The van der Waals surface area contributed by atoms with Gasteiger partial charge in [-0.2, -0.15) is 0 Å². The summed E-state index contributed by atoms with van der Waals surface area (Å²) in [4.78, 5) is 12.1. The highest BCUT2D eigenvalue weighted by Crippen LogP contribution is 2.65. The van der Waals surface area contributed by atoms with Crippen molar-refractivity contribution in [2.75, 3.05) is 26.4 Å². The van der Waals surface area contributed by atoms with E-state index in [4.69, 9.17) is 18.9 Å². The molecule has 36 heavy (non-hydrogen) atoms. The third-order valence-corrected chi connectivity index (χ3v) is 9.45. The SMILES string of the molecule is CC(C(=O)O)=C(OCCCCCCC1CO1)C12CC3CC(CC(OCCCCCCC4CO4)(C3)C1)C2. The number of hydrogen-bond acceptors (Lipinski definition) is 5. The number of aliphatic carboxylic acids is 1. The van der Waals surface area contributed by atoms with Crippen molar-refractivity contribution in [2.24, 2.45) is 17.3 Å². The van der Waals surface area contributed by atoms with Crippen molar-refractivity contribution in [2.45, 2.75) is 127 Å². The molecule has 4 unspecified atom stereocenters. The van der Waals surface area contributed by atoms with Crippen molar-refractivity contribution < 1.29 is 28.8 Å². The lowest BCUT2D eigenvalue weighted by Crippen LogP contribution is -2.57. The molecule has 6 heteroatoms. The van der Waals surface area contributed by atoms with E-state index in [2.05, 4.69) is 0 Å². The first kappa shape index (κ1) is 26.5. The Hall–Kier alpha value is -1.11. The van der Waals surface area contributed by atoms with Crippen LogP contribution in [0.15, 0.2) is 11.3 Å². The van der Waals surface area contributed by atoms with Crippen molar-refractivity contribution in [1.29, 1.82) is 0 Å². The topological polar surface area (TPSA) is 80.8 Å². The highest BCUT2D eigenvalue weighted by atomic mass is 16.6. The molecular formula is C30H48O6. The summed E-state index contributed by atoms with van der Waals surface area (Å²) >= 11 is 0. The van der Waals surface area contributed by atoms with Gasteiger partial charge in [0.2, 0.25) is 0 Å². The number of rotatable bonds is 18. The van der Waals surface area contributed by atoms with Crippen molar-refractivity contribution in [3.05, 3.63) is 11.3 Å². The first-order valence-electron chi connectivity index (χ1n) is 14.9. The summed E-state index contributed by atoms with van der Waals surface area (Å²) in [5.74, 6) is 1.21. The van der Waals surface area contributed by atoms with Gasteiger partial charge in [-0.1, -0.05) is 38.5 Å². The van der Waals surface area contributed by atoms with Gasteiger partial charge in [0.25, 0.3) is 0 Å². The van der Waals surface area contributed by atoms with Crippen LogP contribution in [0.1, 0.15) is 110 Å². The van der Waals surface area contributed by atoms with Crippen LogP contribution in [0.2, 0.25) is 0 Å². The molecule has 2 saturated heterocycles. The van der Waals surface area contributed by atoms with Crippen molar-refractivity contribution in [1.82, 2.24) is 0 Å². The minimum atomic E-state index is -0.836. The van der Waals surface area contributed by atoms with Crippen LogP contribution < -0.4 is 0 Å². The van der Waals surface area contributed by atoms with Gasteiger partial charge in [-0.15, -0.1) is 0 Å². The number of hydrogen-bond donors (Lipinski definition) is 1. The summed E-state index contributed by atoms with van der Waals surface area (Å²) < 4.78 is 23.8. The zero-order valence-electron chi connectivity index (χ0n) is 22.4. The van der Waals surface area contributed by atoms with E-state index >= 15 is 0 Å². The summed E-state index contributed by atoms with van der Waals surface area (Å²) in [5.41, 5.74) is 0.183. The lowest BCUT2D eigenvalue weighted by atomic mass is 9.47. The Labute approximate surface area is 217 Å². The highest BCUT2D eigenvalue weighted by Gasteiger charge is 2.60. The van der Waals surface area contributed by atoms with E-state index in [1.54, 1.807) is 6.92 Å². The molecule has 1 N–H and O–H groups in total. The van der Waals surface area contributed by atoms with Gasteiger partial charge >= 0.3 is 5.97 Å². The van der Waals surface area contributed by atoms with Gasteiger partial charge in [0.05, 0.1) is 43.2 Å². The standard InChI is InChI=1S/C30H48O6/c1-22(28(31)32)27(33-12-8-4-2-6-10-25-19-34-25)29-15-23-14-24(16-29)18-30(17-23,21-29)36-13-9-5-3-7-11-26-20-35-26/h23-26H,2-21H2,1H3,(H,31,32). The van der Waals surface area contributed by atoms with Gasteiger partial charge < -0.3 is 24.1 Å². The molecular weight excluding hydrogens is 456 g/mol. The smallest absolute Gasteiger partial charge is 0.334 e. The van der Waals surface area contributed by atoms with E-state index in [0.29, 0.717) is 36.2 Å². The van der Waals surface area contributed by atoms with Crippen LogP contribution in [-0.2, 0) is 23.7 Å². The van der Waals surface area contributed by atoms with Gasteiger partial charge in [-0.05, 0) is 83.0 Å². The molecule has 0 radical (unpaired) electrons. The third kappa shape index (κ3) is 6.85. The number of unbranched alkanes of at least 4 members (excludes halogenated alkanes) is 6. The van der Waals surface area contributed by atoms with Crippen LogP contribution in [0.3, 0.4) is 0 Å². The van der Waals surface area contributed by atoms with E-state index in [9.17, 15) is 9.90 Å². The van der Waals surface area contributed by atoms with E-state index in [1.807, 2.05) is 0 Å². The molecule has 2 aliphatic heterocycles. The molecule has 4 atom stereocenters. The van der Waals surface area contributed by atoms with Crippen LogP contribution in [0.25, 0.3) is 0 Å². The largest absolute Gasteiger partial charge is 0.497 e. The fourth-order valence-electron chi connectivity index (χ4n) is 7.96. The fraction of sp³-hybridized carbons (Fsp3) is 0.900. The normalized spacial score (nSPS) is 36.6. The van der Waals surface area contributed by atoms with Crippen LogP contribution in [-0.4, -0.2) is 55.3 Å². The van der Waals surface area contributed by atoms with Crippen molar-refractivity contribution >= 4 is 5.97 Å². The number of epoxide rings is 2. The summed E-state index contributed by atoms with van der Waals surface area (Å²) in [6, 6.07) is 0. The minimum absolute atomic E-state index is 0.0792. The lowest BCUT2D eigenvalue weighted by Gasteiger charge is -2.62. The average molecular weight is 505 g/mol. The average Bonchev–Trinajstić information content (AvgIpc) is 3.74. The maximum Gasteiger partial charge on any atom is 0.334 e. The number of ether oxygens (including phenoxy) is 4. The van der Waals surface area contributed by atoms with Crippen LogP contribution >= 0.6 is 0 Å². The van der Waals surface area contributed by atoms with Gasteiger partial charge in [0.1, 0.15) is 5.76 Å². The molecule has 0 spiro atoms. The molecule has 0 aromatic heterocycles. The number of carboxylic acids is 1. The molecule has 0 amide bonds. The molecule has 4 bridgehead atoms. The Morgan fingerprint density at radius 2 is 1.39 bits per heavy atom. The molecule has 4 aliphatic carbocycles. The Morgan fingerprint density at radius 1 is 0.833 bits per heavy atom. The highest BCUT2D eigenvalue weighted by molar-refractivity contribution is 5.86. The molecule has 204 valence electrons. The Balaban J connectivity index is 1.14. The molecule has 2 heterocycles. The fourth-order valence-corrected chi connectivity index (χ4v) is 7.96. The summed E-state index contributed by atoms with van der Waals surface area (Å²) in [7, 11) is 0. The summed E-state index contributed by atoms with van der Waals surface area (Å²) in [6.45, 7) is 5.12. The summed E-state index contributed by atoms with van der Waals surface area (Å²) in [5, 5.41) is 9.94. The van der Waals surface area contributed by atoms with Crippen LogP contribution in [0.4, 0.5) is 0 Å².